The number of rotatable bonds is 2. The number of hydrogen-bond acceptors (Lipinski definition) is 2. The predicted octanol–water partition coefficient (Wildman–Crippen LogP) is 1.78. The summed E-state index contributed by atoms with van der Waals surface area (Å²) >= 11 is 6.04. The highest BCUT2D eigenvalue weighted by molar-refractivity contribution is 6.32. The van der Waals surface area contributed by atoms with Crippen molar-refractivity contribution in [1.29, 1.82) is 0 Å². The Hall–Kier alpha value is -0.730. The Labute approximate surface area is 82.6 Å². The van der Waals surface area contributed by atoms with E-state index in [1.807, 2.05) is 6.07 Å². The first kappa shape index (κ1) is 8.85. The van der Waals surface area contributed by atoms with Crippen molar-refractivity contribution >= 4 is 11.6 Å². The smallest absolute Gasteiger partial charge is 0.141 e. The fourth-order valence-electron chi connectivity index (χ4n) is 1.63. The number of fused-ring (bicyclic) bond motifs is 1. The van der Waals surface area contributed by atoms with Crippen LogP contribution in [-0.4, -0.2) is 13.2 Å². The molecular weight excluding hydrogens is 186 g/mol. The van der Waals surface area contributed by atoms with Crippen molar-refractivity contribution in [3.8, 4) is 5.75 Å². The largest absolute Gasteiger partial charge is 0.491 e. The minimum atomic E-state index is 0.663. The Morgan fingerprint density at radius 3 is 3.08 bits per heavy atom. The van der Waals surface area contributed by atoms with Gasteiger partial charge in [-0.1, -0.05) is 17.7 Å². The fourth-order valence-corrected chi connectivity index (χ4v) is 1.95. The first-order chi connectivity index (χ1) is 6.31. The van der Waals surface area contributed by atoms with E-state index < -0.39 is 0 Å². The molecule has 0 atom stereocenters. The Bertz CT molecular complexity index is 325. The van der Waals surface area contributed by atoms with Crippen LogP contribution >= 0.6 is 11.6 Å². The van der Waals surface area contributed by atoms with Crippen LogP contribution in [0.25, 0.3) is 0 Å². The van der Waals surface area contributed by atoms with Gasteiger partial charge in [0, 0.05) is 6.42 Å². The molecule has 1 aliphatic heterocycles. The van der Waals surface area contributed by atoms with Crippen LogP contribution in [-0.2, 0) is 12.8 Å². The first-order valence-corrected chi connectivity index (χ1v) is 4.83. The van der Waals surface area contributed by atoms with Crippen LogP contribution < -0.4 is 10.5 Å². The molecule has 0 fully saturated rings. The maximum absolute atomic E-state index is 6.04. The molecule has 1 aromatic rings. The number of ether oxygens (including phenoxy) is 1. The molecule has 13 heavy (non-hydrogen) atoms. The van der Waals surface area contributed by atoms with E-state index in [1.165, 1.54) is 11.1 Å². The van der Waals surface area contributed by atoms with E-state index in [0.717, 1.165) is 30.2 Å². The first-order valence-electron chi connectivity index (χ1n) is 4.45. The van der Waals surface area contributed by atoms with Gasteiger partial charge in [0.25, 0.3) is 0 Å². The summed E-state index contributed by atoms with van der Waals surface area (Å²) in [6.07, 6.45) is 1.85. The molecule has 0 unspecified atom stereocenters. The van der Waals surface area contributed by atoms with Crippen LogP contribution in [0.1, 0.15) is 11.1 Å². The van der Waals surface area contributed by atoms with Gasteiger partial charge in [0.2, 0.25) is 0 Å². The van der Waals surface area contributed by atoms with Gasteiger partial charge in [-0.05, 0) is 30.2 Å². The van der Waals surface area contributed by atoms with E-state index in [4.69, 9.17) is 22.1 Å². The van der Waals surface area contributed by atoms with E-state index in [-0.39, 0.29) is 0 Å². The number of nitrogens with two attached hydrogens (primary N) is 1. The van der Waals surface area contributed by atoms with Crippen LogP contribution in [0.15, 0.2) is 12.1 Å². The predicted molar refractivity (Wildman–Crippen MR) is 53.4 cm³/mol. The van der Waals surface area contributed by atoms with E-state index in [9.17, 15) is 0 Å². The van der Waals surface area contributed by atoms with E-state index in [0.29, 0.717) is 6.54 Å². The molecule has 0 aromatic heterocycles. The van der Waals surface area contributed by atoms with Gasteiger partial charge < -0.3 is 10.5 Å². The summed E-state index contributed by atoms with van der Waals surface area (Å²) in [4.78, 5) is 0. The molecule has 2 nitrogen and oxygen atoms in total. The summed E-state index contributed by atoms with van der Waals surface area (Å²) in [6.45, 7) is 1.41. The van der Waals surface area contributed by atoms with Gasteiger partial charge in [0.05, 0.1) is 11.6 Å². The summed E-state index contributed by atoms with van der Waals surface area (Å²) < 4.78 is 5.40. The minimum Gasteiger partial charge on any atom is -0.491 e. The molecule has 0 amide bonds. The van der Waals surface area contributed by atoms with Crippen LogP contribution in [0.5, 0.6) is 5.75 Å². The highest BCUT2D eigenvalue weighted by Crippen LogP contribution is 2.34. The Morgan fingerprint density at radius 2 is 2.31 bits per heavy atom. The molecule has 0 bridgehead atoms. The van der Waals surface area contributed by atoms with Crippen LogP contribution in [0.2, 0.25) is 5.02 Å². The Kier molecular flexibility index (Phi) is 2.42. The zero-order valence-corrected chi connectivity index (χ0v) is 8.10. The summed E-state index contributed by atoms with van der Waals surface area (Å²) in [5, 5.41) is 0.721. The second-order valence-corrected chi connectivity index (χ2v) is 3.61. The van der Waals surface area contributed by atoms with Crippen molar-refractivity contribution in [1.82, 2.24) is 0 Å². The average Bonchev–Trinajstić information content (AvgIpc) is 2.53. The zero-order chi connectivity index (χ0) is 9.26. The summed E-state index contributed by atoms with van der Waals surface area (Å²) in [5.41, 5.74) is 7.91. The molecule has 2 rings (SSSR count). The van der Waals surface area contributed by atoms with Crippen molar-refractivity contribution in [3.63, 3.8) is 0 Å². The minimum absolute atomic E-state index is 0.663. The molecule has 1 heterocycles. The maximum atomic E-state index is 6.04. The number of hydrogen-bond donors (Lipinski definition) is 1. The lowest BCUT2D eigenvalue weighted by Crippen LogP contribution is -2.02. The second kappa shape index (κ2) is 3.56. The molecule has 0 radical (unpaired) electrons. The summed E-state index contributed by atoms with van der Waals surface area (Å²) in [6, 6.07) is 4.08. The SMILES string of the molecule is NCCc1cc(Cl)c2c(c1)CCO2. The molecule has 0 saturated heterocycles. The highest BCUT2D eigenvalue weighted by atomic mass is 35.5. The summed E-state index contributed by atoms with van der Waals surface area (Å²) in [5.74, 6) is 0.863. The molecule has 2 N–H and O–H groups in total. The molecule has 0 aliphatic carbocycles. The monoisotopic (exact) mass is 197 g/mol. The lowest BCUT2D eigenvalue weighted by Gasteiger charge is -2.05. The van der Waals surface area contributed by atoms with Crippen LogP contribution in [0, 0.1) is 0 Å². The topological polar surface area (TPSA) is 35.2 Å². The second-order valence-electron chi connectivity index (χ2n) is 3.20. The van der Waals surface area contributed by atoms with Crippen molar-refractivity contribution in [2.24, 2.45) is 5.73 Å². The van der Waals surface area contributed by atoms with Crippen LogP contribution in [0.4, 0.5) is 0 Å². The van der Waals surface area contributed by atoms with Crippen LogP contribution in [0.3, 0.4) is 0 Å². The third kappa shape index (κ3) is 1.64. The van der Waals surface area contributed by atoms with Gasteiger partial charge in [-0.2, -0.15) is 0 Å². The van der Waals surface area contributed by atoms with Crippen molar-refractivity contribution in [3.05, 3.63) is 28.3 Å². The van der Waals surface area contributed by atoms with Crippen molar-refractivity contribution < 1.29 is 4.74 Å². The maximum Gasteiger partial charge on any atom is 0.141 e. The van der Waals surface area contributed by atoms with Gasteiger partial charge in [0.1, 0.15) is 5.75 Å². The van der Waals surface area contributed by atoms with Gasteiger partial charge in [-0.25, -0.2) is 0 Å². The number of benzene rings is 1. The molecule has 0 saturated carbocycles. The normalized spacial score (nSPS) is 14.0. The summed E-state index contributed by atoms with van der Waals surface area (Å²) in [7, 11) is 0. The Balaban J connectivity index is 2.37. The molecule has 1 aromatic carbocycles. The standard InChI is InChI=1S/C10H12ClNO/c11-9-6-7(1-3-12)5-8-2-4-13-10(8)9/h5-6H,1-4,12H2. The fraction of sp³-hybridized carbons (Fsp3) is 0.400. The van der Waals surface area contributed by atoms with Gasteiger partial charge in [-0.15, -0.1) is 0 Å². The van der Waals surface area contributed by atoms with E-state index in [2.05, 4.69) is 6.07 Å². The third-order valence-corrected chi connectivity index (χ3v) is 2.51. The highest BCUT2D eigenvalue weighted by Gasteiger charge is 2.16. The molecule has 0 spiro atoms. The third-order valence-electron chi connectivity index (χ3n) is 2.23. The molecule has 1 aliphatic rings. The van der Waals surface area contributed by atoms with Crippen molar-refractivity contribution in [2.45, 2.75) is 12.8 Å². The molecule has 3 heteroatoms. The Morgan fingerprint density at radius 1 is 1.46 bits per heavy atom. The molecule has 70 valence electrons. The average molecular weight is 198 g/mol. The quantitative estimate of drug-likeness (QED) is 0.785. The lowest BCUT2D eigenvalue weighted by atomic mass is 10.1. The van der Waals surface area contributed by atoms with Gasteiger partial charge in [0.15, 0.2) is 0 Å². The molecular formula is C10H12ClNO. The van der Waals surface area contributed by atoms with E-state index in [1.54, 1.807) is 0 Å². The van der Waals surface area contributed by atoms with E-state index >= 15 is 0 Å². The lowest BCUT2D eigenvalue weighted by molar-refractivity contribution is 0.357. The number of halogens is 1. The zero-order valence-electron chi connectivity index (χ0n) is 7.35. The van der Waals surface area contributed by atoms with Crippen molar-refractivity contribution in [2.75, 3.05) is 13.2 Å². The van der Waals surface area contributed by atoms with Gasteiger partial charge >= 0.3 is 0 Å². The van der Waals surface area contributed by atoms with Gasteiger partial charge in [-0.3, -0.25) is 0 Å².